The molecular formula is C39H52N2O8. The molecule has 0 aromatic rings. The van der Waals surface area contributed by atoms with E-state index in [1.165, 1.54) is 6.08 Å². The predicted octanol–water partition coefficient (Wildman–Crippen LogP) is 4.59. The predicted molar refractivity (Wildman–Crippen MR) is 195 cm³/mol. The molecule has 0 saturated carbocycles. The maximum absolute atomic E-state index is 11.8. The number of carbonyl (C=O) groups is 2. The Kier molecular flexibility index (Phi) is 23.9. The Hall–Kier alpha value is -4.42. The molecule has 0 aliphatic carbocycles. The van der Waals surface area contributed by atoms with E-state index in [1.54, 1.807) is 25.2 Å². The van der Waals surface area contributed by atoms with Gasteiger partial charge < -0.3 is 41.0 Å². The van der Waals surface area contributed by atoms with Gasteiger partial charge in [-0.15, -0.1) is 0 Å². The highest BCUT2D eigenvalue weighted by atomic mass is 16.7. The van der Waals surface area contributed by atoms with E-state index in [1.807, 2.05) is 128 Å². The summed E-state index contributed by atoms with van der Waals surface area (Å²) in [5.41, 5.74) is 5.39. The highest BCUT2D eigenvalue weighted by molar-refractivity contribution is 5.91. The number of hydrogen-bond donors (Lipinski definition) is 6. The lowest BCUT2D eigenvalue weighted by molar-refractivity contribution is -0.302. The Morgan fingerprint density at radius 1 is 0.714 bits per heavy atom. The van der Waals surface area contributed by atoms with Crippen LogP contribution in [0.1, 0.15) is 33.1 Å². The Bertz CT molecular complexity index is 1320. The van der Waals surface area contributed by atoms with Gasteiger partial charge in [-0.1, -0.05) is 140 Å². The summed E-state index contributed by atoms with van der Waals surface area (Å²) in [5.74, 6) is -1.54. The number of rotatable bonds is 21. The van der Waals surface area contributed by atoms with E-state index in [0.29, 0.717) is 25.8 Å². The van der Waals surface area contributed by atoms with Crippen molar-refractivity contribution in [1.82, 2.24) is 5.32 Å². The topological polar surface area (TPSA) is 172 Å². The summed E-state index contributed by atoms with van der Waals surface area (Å²) < 4.78 is 11.1. The molecule has 0 aromatic carbocycles. The van der Waals surface area contributed by atoms with E-state index < -0.39 is 48.6 Å². The molecule has 1 rings (SSSR count). The van der Waals surface area contributed by atoms with Crippen LogP contribution in [-0.2, 0) is 19.1 Å². The van der Waals surface area contributed by atoms with Gasteiger partial charge in [0.05, 0.1) is 12.2 Å². The Balaban J connectivity index is 2.20. The zero-order chi connectivity index (χ0) is 36.1. The van der Waals surface area contributed by atoms with Gasteiger partial charge in [0.25, 0.3) is 0 Å². The molecule has 49 heavy (non-hydrogen) atoms. The minimum atomic E-state index is -1.30. The summed E-state index contributed by atoms with van der Waals surface area (Å²) >= 11 is 0. The Morgan fingerprint density at radius 2 is 1.14 bits per heavy atom. The normalized spacial score (nSPS) is 24.2. The fourth-order valence-electron chi connectivity index (χ4n) is 3.98. The number of aliphatic hydroxyl groups excluding tert-OH is 3. The van der Waals surface area contributed by atoms with Crippen LogP contribution in [0.15, 0.2) is 146 Å². The van der Waals surface area contributed by atoms with Crippen LogP contribution in [0.4, 0.5) is 0 Å². The fourth-order valence-corrected chi connectivity index (χ4v) is 3.98. The number of amides is 1. The standard InChI is InChI=1S/C39H52N2O8/c1-31(48-39-37(45)36(44)35(43)32(2)49-39)27-24-22-20-18-16-14-12-10-8-6-4-3-5-7-9-11-13-15-17-19-21-23-25-29-34(42)41-33(38(46)47)28-26-30-40/h3-25,29,31-33,35-37,39,43-45H,26-28,30,40H2,1-2H3,(H,41,42)(H,46,47). The quantitative estimate of drug-likeness (QED) is 0.0752. The summed E-state index contributed by atoms with van der Waals surface area (Å²) in [4.78, 5) is 22.9. The monoisotopic (exact) mass is 676 g/mol. The first-order valence-corrected chi connectivity index (χ1v) is 16.3. The number of allylic oxidation sites excluding steroid dienone is 22. The number of aliphatic hydroxyl groups is 3. The van der Waals surface area contributed by atoms with Crippen LogP contribution in [0, 0.1) is 0 Å². The molecule has 1 amide bonds. The van der Waals surface area contributed by atoms with E-state index in [0.717, 1.165) is 0 Å². The van der Waals surface area contributed by atoms with E-state index in [4.69, 9.17) is 20.3 Å². The average molecular weight is 677 g/mol. The second-order valence-electron chi connectivity index (χ2n) is 10.8. The summed E-state index contributed by atoms with van der Waals surface area (Å²) in [6, 6.07) is -0.941. The minimum absolute atomic E-state index is 0.244. The number of hydrogen-bond acceptors (Lipinski definition) is 8. The van der Waals surface area contributed by atoms with Gasteiger partial charge in [-0.25, -0.2) is 4.79 Å². The van der Waals surface area contributed by atoms with Crippen molar-refractivity contribution in [3.05, 3.63) is 146 Å². The molecule has 1 heterocycles. The first-order chi connectivity index (χ1) is 23.7. The first-order valence-electron chi connectivity index (χ1n) is 16.3. The fraction of sp³-hybridized carbons (Fsp3) is 0.333. The smallest absolute Gasteiger partial charge is 0.326 e. The molecule has 0 aromatic heterocycles. The zero-order valence-electron chi connectivity index (χ0n) is 28.2. The molecule has 1 saturated heterocycles. The van der Waals surface area contributed by atoms with Crippen LogP contribution in [0.5, 0.6) is 0 Å². The third-order valence-electron chi connectivity index (χ3n) is 6.67. The molecule has 10 heteroatoms. The van der Waals surface area contributed by atoms with Crippen molar-refractivity contribution in [3.63, 3.8) is 0 Å². The van der Waals surface area contributed by atoms with Crippen LogP contribution >= 0.6 is 0 Å². The maximum atomic E-state index is 11.8. The van der Waals surface area contributed by atoms with Gasteiger partial charge in [0.15, 0.2) is 6.29 Å². The molecule has 0 spiro atoms. The molecule has 1 aliphatic rings. The second-order valence-corrected chi connectivity index (χ2v) is 10.8. The van der Waals surface area contributed by atoms with Gasteiger partial charge in [0.1, 0.15) is 24.4 Å². The third-order valence-corrected chi connectivity index (χ3v) is 6.67. The van der Waals surface area contributed by atoms with Gasteiger partial charge in [-0.05, 0) is 39.7 Å². The van der Waals surface area contributed by atoms with Crippen LogP contribution in [-0.4, -0.2) is 81.7 Å². The average Bonchev–Trinajstić information content (AvgIpc) is 3.07. The molecule has 1 aliphatic heterocycles. The highest BCUT2D eigenvalue weighted by Crippen LogP contribution is 2.23. The summed E-state index contributed by atoms with van der Waals surface area (Å²) in [6.07, 6.45) is 40.1. The molecule has 1 fully saturated rings. The summed E-state index contributed by atoms with van der Waals surface area (Å²) in [7, 11) is 0. The van der Waals surface area contributed by atoms with E-state index in [9.17, 15) is 24.9 Å². The number of nitrogens with one attached hydrogen (secondary N) is 1. The first kappa shape index (κ1) is 42.6. The molecule has 266 valence electrons. The van der Waals surface area contributed by atoms with Crippen LogP contribution in [0.2, 0.25) is 0 Å². The number of ether oxygens (including phenoxy) is 2. The summed E-state index contributed by atoms with van der Waals surface area (Å²) in [5, 5.41) is 41.2. The van der Waals surface area contributed by atoms with E-state index in [-0.39, 0.29) is 6.10 Å². The van der Waals surface area contributed by atoms with Crippen LogP contribution < -0.4 is 11.1 Å². The zero-order valence-corrected chi connectivity index (χ0v) is 28.2. The van der Waals surface area contributed by atoms with Crippen molar-refractivity contribution < 1.29 is 39.5 Å². The summed E-state index contributed by atoms with van der Waals surface area (Å²) in [6.45, 7) is 3.84. The lowest BCUT2D eigenvalue weighted by atomic mass is 10.00. The van der Waals surface area contributed by atoms with Crippen molar-refractivity contribution in [1.29, 1.82) is 0 Å². The van der Waals surface area contributed by atoms with Crippen molar-refractivity contribution in [2.24, 2.45) is 5.73 Å². The van der Waals surface area contributed by atoms with E-state index in [2.05, 4.69) is 5.32 Å². The molecule has 0 bridgehead atoms. The van der Waals surface area contributed by atoms with Crippen LogP contribution in [0.3, 0.4) is 0 Å². The lowest BCUT2D eigenvalue weighted by Gasteiger charge is -2.39. The minimum Gasteiger partial charge on any atom is -0.480 e. The number of aliphatic carboxylic acids is 1. The maximum Gasteiger partial charge on any atom is 0.326 e. The highest BCUT2D eigenvalue weighted by Gasteiger charge is 2.42. The number of carboxylic acids is 1. The van der Waals surface area contributed by atoms with Crippen molar-refractivity contribution >= 4 is 11.9 Å². The van der Waals surface area contributed by atoms with Gasteiger partial charge in [0.2, 0.25) is 5.91 Å². The Morgan fingerprint density at radius 3 is 1.57 bits per heavy atom. The molecule has 0 radical (unpaired) electrons. The van der Waals surface area contributed by atoms with Crippen molar-refractivity contribution in [2.45, 2.75) is 76.0 Å². The van der Waals surface area contributed by atoms with Crippen LogP contribution in [0.25, 0.3) is 0 Å². The molecule has 7 atom stereocenters. The van der Waals surface area contributed by atoms with Gasteiger partial charge in [0, 0.05) is 6.08 Å². The lowest BCUT2D eigenvalue weighted by Crippen LogP contribution is -2.57. The SMILES string of the molecule is CC(CC=CC=CC=CC=CC=CC=CC=CC=CC=CC=CC=CC=CC(=O)NC(CCCN)C(=O)O)OC1OC(C)C(O)C(O)C1O. The number of carboxylic acid groups (broad SMARTS) is 1. The molecule has 7 N–H and O–H groups in total. The van der Waals surface area contributed by atoms with Gasteiger partial charge >= 0.3 is 5.97 Å². The molecule has 7 unspecified atom stereocenters. The molecule has 10 nitrogen and oxygen atoms in total. The van der Waals surface area contributed by atoms with Gasteiger partial charge in [-0.2, -0.15) is 0 Å². The number of nitrogens with two attached hydrogens (primary N) is 1. The van der Waals surface area contributed by atoms with Crippen molar-refractivity contribution in [2.75, 3.05) is 6.54 Å². The third kappa shape index (κ3) is 21.2. The second kappa shape index (κ2) is 27.5. The van der Waals surface area contributed by atoms with Gasteiger partial charge in [-0.3, -0.25) is 4.79 Å². The van der Waals surface area contributed by atoms with E-state index >= 15 is 0 Å². The van der Waals surface area contributed by atoms with Crippen molar-refractivity contribution in [3.8, 4) is 0 Å². The molecular weight excluding hydrogens is 624 g/mol. The Labute approximate surface area is 290 Å². The number of carbonyl (C=O) groups excluding carboxylic acids is 1. The largest absolute Gasteiger partial charge is 0.480 e.